The average Bonchev–Trinajstić information content (AvgIpc) is 2.13. The lowest BCUT2D eigenvalue weighted by molar-refractivity contribution is 0.0107. The molecule has 1 saturated heterocycles. The summed E-state index contributed by atoms with van der Waals surface area (Å²) in [5.41, 5.74) is 0. The van der Waals surface area contributed by atoms with Gasteiger partial charge in [0.2, 0.25) is 0 Å². The number of nitrogens with zero attached hydrogens (tertiary/aromatic N) is 1. The zero-order valence-electron chi connectivity index (χ0n) is 9.57. The number of aliphatic hydroxyl groups is 1. The van der Waals surface area contributed by atoms with E-state index in [1.807, 2.05) is 0 Å². The molecule has 0 radical (unpaired) electrons. The quantitative estimate of drug-likeness (QED) is 0.739. The molecule has 84 valence electrons. The van der Waals surface area contributed by atoms with Crippen LogP contribution in [0.15, 0.2) is 0 Å². The SMILES string of the molecule is COCC(O)CN1CCCC(C)C1C. The highest BCUT2D eigenvalue weighted by Gasteiger charge is 2.25. The number of ether oxygens (including phenoxy) is 1. The highest BCUT2D eigenvalue weighted by molar-refractivity contribution is 4.79. The molecular weight excluding hydrogens is 178 g/mol. The van der Waals surface area contributed by atoms with Crippen LogP contribution in [0.4, 0.5) is 0 Å². The van der Waals surface area contributed by atoms with E-state index in [0.29, 0.717) is 12.6 Å². The van der Waals surface area contributed by atoms with Gasteiger partial charge in [0.15, 0.2) is 0 Å². The molecule has 3 heteroatoms. The minimum atomic E-state index is -0.340. The number of rotatable bonds is 4. The number of piperidine rings is 1. The highest BCUT2D eigenvalue weighted by Crippen LogP contribution is 2.22. The first-order valence-electron chi connectivity index (χ1n) is 5.56. The lowest BCUT2D eigenvalue weighted by Crippen LogP contribution is -2.46. The molecule has 1 aliphatic heterocycles. The molecule has 0 bridgehead atoms. The van der Waals surface area contributed by atoms with Gasteiger partial charge < -0.3 is 9.84 Å². The van der Waals surface area contributed by atoms with Gasteiger partial charge in [-0.3, -0.25) is 4.90 Å². The second-order valence-electron chi connectivity index (χ2n) is 4.46. The van der Waals surface area contributed by atoms with Crippen LogP contribution in [0.1, 0.15) is 26.7 Å². The van der Waals surface area contributed by atoms with Crippen molar-refractivity contribution in [2.75, 3.05) is 26.8 Å². The molecular formula is C11H23NO2. The molecule has 0 aromatic rings. The first-order chi connectivity index (χ1) is 6.65. The molecule has 1 N–H and O–H groups in total. The minimum Gasteiger partial charge on any atom is -0.389 e. The first kappa shape index (κ1) is 12.0. The summed E-state index contributed by atoms with van der Waals surface area (Å²) < 4.78 is 4.93. The van der Waals surface area contributed by atoms with Gasteiger partial charge in [-0.25, -0.2) is 0 Å². The number of methoxy groups -OCH3 is 1. The number of likely N-dealkylation sites (tertiary alicyclic amines) is 1. The van der Waals surface area contributed by atoms with E-state index in [9.17, 15) is 5.11 Å². The van der Waals surface area contributed by atoms with E-state index in [1.54, 1.807) is 7.11 Å². The third-order valence-electron chi connectivity index (χ3n) is 3.31. The van der Waals surface area contributed by atoms with Gasteiger partial charge >= 0.3 is 0 Å². The van der Waals surface area contributed by atoms with Crippen LogP contribution in [-0.4, -0.2) is 49.0 Å². The van der Waals surface area contributed by atoms with E-state index in [2.05, 4.69) is 18.7 Å². The Hall–Kier alpha value is -0.120. The summed E-state index contributed by atoms with van der Waals surface area (Å²) in [6.07, 6.45) is 2.23. The fourth-order valence-corrected chi connectivity index (χ4v) is 2.19. The number of aliphatic hydroxyl groups excluding tert-OH is 1. The lowest BCUT2D eigenvalue weighted by Gasteiger charge is -2.38. The third-order valence-corrected chi connectivity index (χ3v) is 3.31. The van der Waals surface area contributed by atoms with Crippen LogP contribution in [-0.2, 0) is 4.74 Å². The van der Waals surface area contributed by atoms with Gasteiger partial charge in [-0.05, 0) is 32.2 Å². The molecule has 0 saturated carbocycles. The van der Waals surface area contributed by atoms with Crippen molar-refractivity contribution in [2.45, 2.75) is 38.8 Å². The summed E-state index contributed by atoms with van der Waals surface area (Å²) >= 11 is 0. The molecule has 1 aliphatic rings. The summed E-state index contributed by atoms with van der Waals surface area (Å²) in [7, 11) is 1.63. The third kappa shape index (κ3) is 3.23. The van der Waals surface area contributed by atoms with Crippen molar-refractivity contribution in [2.24, 2.45) is 5.92 Å². The number of β-amino-alcohol motifs (C(OH)–C–C–N with tert-alkyl or cyclic N) is 1. The Morgan fingerprint density at radius 3 is 2.86 bits per heavy atom. The van der Waals surface area contributed by atoms with Crippen LogP contribution in [0.2, 0.25) is 0 Å². The van der Waals surface area contributed by atoms with Crippen molar-refractivity contribution >= 4 is 0 Å². The fourth-order valence-electron chi connectivity index (χ4n) is 2.19. The molecule has 3 nitrogen and oxygen atoms in total. The standard InChI is InChI=1S/C11H23NO2/c1-9-5-4-6-12(10(9)2)7-11(13)8-14-3/h9-11,13H,4-8H2,1-3H3. The fraction of sp³-hybridized carbons (Fsp3) is 1.00. The molecule has 0 aromatic heterocycles. The topological polar surface area (TPSA) is 32.7 Å². The Balaban J connectivity index is 2.35. The minimum absolute atomic E-state index is 0.340. The molecule has 0 spiro atoms. The van der Waals surface area contributed by atoms with E-state index < -0.39 is 0 Å². The monoisotopic (exact) mass is 201 g/mol. The summed E-state index contributed by atoms with van der Waals surface area (Å²) in [4.78, 5) is 2.37. The number of hydrogen-bond donors (Lipinski definition) is 1. The Kier molecular flexibility index (Phi) is 4.85. The zero-order valence-corrected chi connectivity index (χ0v) is 9.57. The Labute approximate surface area is 87.1 Å². The molecule has 0 aliphatic carbocycles. The molecule has 1 rings (SSSR count). The molecule has 3 atom stereocenters. The second-order valence-corrected chi connectivity index (χ2v) is 4.46. The van der Waals surface area contributed by atoms with Crippen molar-refractivity contribution in [3.63, 3.8) is 0 Å². The predicted octanol–water partition coefficient (Wildman–Crippen LogP) is 1.11. The predicted molar refractivity (Wildman–Crippen MR) is 57.3 cm³/mol. The van der Waals surface area contributed by atoms with Crippen molar-refractivity contribution in [1.82, 2.24) is 4.90 Å². The van der Waals surface area contributed by atoms with E-state index in [-0.39, 0.29) is 6.10 Å². The van der Waals surface area contributed by atoms with Gasteiger partial charge in [-0.15, -0.1) is 0 Å². The van der Waals surface area contributed by atoms with Crippen molar-refractivity contribution in [1.29, 1.82) is 0 Å². The lowest BCUT2D eigenvalue weighted by atomic mass is 9.92. The van der Waals surface area contributed by atoms with Gasteiger partial charge in [0, 0.05) is 19.7 Å². The zero-order chi connectivity index (χ0) is 10.6. The highest BCUT2D eigenvalue weighted by atomic mass is 16.5. The van der Waals surface area contributed by atoms with E-state index in [1.165, 1.54) is 12.8 Å². The van der Waals surface area contributed by atoms with Gasteiger partial charge in [-0.1, -0.05) is 6.92 Å². The molecule has 1 fully saturated rings. The maximum absolute atomic E-state index is 9.64. The molecule has 1 heterocycles. The summed E-state index contributed by atoms with van der Waals surface area (Å²) in [6, 6.07) is 0.593. The maximum Gasteiger partial charge on any atom is 0.0900 e. The first-order valence-corrected chi connectivity index (χ1v) is 5.56. The Morgan fingerprint density at radius 1 is 1.50 bits per heavy atom. The second kappa shape index (κ2) is 5.69. The van der Waals surface area contributed by atoms with Crippen molar-refractivity contribution in [3.8, 4) is 0 Å². The van der Waals surface area contributed by atoms with Crippen molar-refractivity contribution < 1.29 is 9.84 Å². The van der Waals surface area contributed by atoms with E-state index in [0.717, 1.165) is 19.0 Å². The van der Waals surface area contributed by atoms with Crippen LogP contribution in [0, 0.1) is 5.92 Å². The summed E-state index contributed by atoms with van der Waals surface area (Å²) in [6.45, 7) is 6.85. The van der Waals surface area contributed by atoms with Gasteiger partial charge in [-0.2, -0.15) is 0 Å². The normalized spacial score (nSPS) is 31.7. The smallest absolute Gasteiger partial charge is 0.0900 e. The van der Waals surface area contributed by atoms with Crippen LogP contribution in [0.25, 0.3) is 0 Å². The molecule has 0 aromatic carbocycles. The van der Waals surface area contributed by atoms with Gasteiger partial charge in [0.25, 0.3) is 0 Å². The average molecular weight is 201 g/mol. The van der Waals surface area contributed by atoms with E-state index in [4.69, 9.17) is 4.74 Å². The Bertz CT molecular complexity index is 163. The van der Waals surface area contributed by atoms with Gasteiger partial charge in [0.1, 0.15) is 0 Å². The van der Waals surface area contributed by atoms with Crippen LogP contribution in [0.5, 0.6) is 0 Å². The summed E-state index contributed by atoms with van der Waals surface area (Å²) in [5.74, 6) is 0.749. The van der Waals surface area contributed by atoms with Gasteiger partial charge in [0.05, 0.1) is 12.7 Å². The molecule has 14 heavy (non-hydrogen) atoms. The van der Waals surface area contributed by atoms with Crippen LogP contribution >= 0.6 is 0 Å². The largest absolute Gasteiger partial charge is 0.389 e. The summed E-state index contributed by atoms with van der Waals surface area (Å²) in [5, 5.41) is 9.64. The van der Waals surface area contributed by atoms with Crippen LogP contribution < -0.4 is 0 Å². The van der Waals surface area contributed by atoms with Crippen LogP contribution in [0.3, 0.4) is 0 Å². The molecule has 0 amide bonds. The van der Waals surface area contributed by atoms with E-state index >= 15 is 0 Å². The molecule has 3 unspecified atom stereocenters. The maximum atomic E-state index is 9.64. The van der Waals surface area contributed by atoms with Crippen molar-refractivity contribution in [3.05, 3.63) is 0 Å². The Morgan fingerprint density at radius 2 is 2.21 bits per heavy atom. The number of hydrogen-bond acceptors (Lipinski definition) is 3.